The first-order valence-corrected chi connectivity index (χ1v) is 11.5. The van der Waals surface area contributed by atoms with Gasteiger partial charge in [-0.1, -0.05) is 56.7 Å². The monoisotopic (exact) mass is 539 g/mol. The van der Waals surface area contributed by atoms with Crippen molar-refractivity contribution in [1.82, 2.24) is 0 Å². The second kappa shape index (κ2) is 6.99. The Morgan fingerprint density at radius 1 is 1.22 bits per heavy atom. The predicted octanol–water partition coefficient (Wildman–Crippen LogP) is 6.18. The van der Waals surface area contributed by atoms with Crippen LogP contribution in [0.5, 0.6) is 11.5 Å². The molecule has 2 aliphatic rings. The number of hydrogen-bond acceptors (Lipinski definition) is 3. The minimum absolute atomic E-state index is 0.207. The van der Waals surface area contributed by atoms with E-state index in [1.165, 1.54) is 11.3 Å². The fraction of sp³-hybridized carbons (Fsp3) is 0.364. The lowest BCUT2D eigenvalue weighted by molar-refractivity contribution is 0.0507. The third kappa shape index (κ3) is 2.80. The van der Waals surface area contributed by atoms with Crippen molar-refractivity contribution in [3.63, 3.8) is 0 Å². The van der Waals surface area contributed by atoms with Crippen LogP contribution in [-0.2, 0) is 5.41 Å². The first kappa shape index (κ1) is 19.1. The van der Waals surface area contributed by atoms with Crippen molar-refractivity contribution in [2.75, 3.05) is 23.0 Å². The van der Waals surface area contributed by atoms with Crippen LogP contribution in [0.25, 0.3) is 6.08 Å². The van der Waals surface area contributed by atoms with Crippen LogP contribution >= 0.6 is 38.5 Å². The summed E-state index contributed by atoms with van der Waals surface area (Å²) in [6.45, 7) is 5.50. The van der Waals surface area contributed by atoms with Crippen LogP contribution in [0.1, 0.15) is 31.4 Å². The standard InChI is InChI=1S/C22H23BrINO2/c1-21(2)17-7-4-5-8-18(17)25(12-6-11-24)22(21)10-9-15-13-16(23)14-19(26-3)20(15)27-22/h4-5,7-10,13-14H,6,11-12H2,1-3H3/t22-/m1/s1. The molecule has 0 fully saturated rings. The molecule has 0 saturated heterocycles. The summed E-state index contributed by atoms with van der Waals surface area (Å²) in [6, 6.07) is 12.7. The van der Waals surface area contributed by atoms with Gasteiger partial charge in [0.25, 0.3) is 0 Å². The quantitative estimate of drug-likeness (QED) is 0.342. The maximum Gasteiger partial charge on any atom is 0.212 e. The minimum Gasteiger partial charge on any atom is -0.493 e. The topological polar surface area (TPSA) is 21.7 Å². The zero-order valence-electron chi connectivity index (χ0n) is 15.8. The van der Waals surface area contributed by atoms with E-state index < -0.39 is 5.72 Å². The second-order valence-corrected chi connectivity index (χ2v) is 9.49. The maximum absolute atomic E-state index is 6.86. The number of ether oxygens (including phenoxy) is 2. The number of para-hydroxylation sites is 1. The smallest absolute Gasteiger partial charge is 0.212 e. The van der Waals surface area contributed by atoms with Crippen LogP contribution in [0.2, 0.25) is 0 Å². The number of hydrogen-bond donors (Lipinski definition) is 0. The highest BCUT2D eigenvalue weighted by atomic mass is 127. The molecule has 27 heavy (non-hydrogen) atoms. The summed E-state index contributed by atoms with van der Waals surface area (Å²) in [7, 11) is 1.69. The van der Waals surface area contributed by atoms with Gasteiger partial charge in [0.2, 0.25) is 5.72 Å². The van der Waals surface area contributed by atoms with Gasteiger partial charge in [0.1, 0.15) is 0 Å². The Kier molecular flexibility index (Phi) is 4.95. The Bertz CT molecular complexity index is 911. The molecule has 2 aliphatic heterocycles. The van der Waals surface area contributed by atoms with Gasteiger partial charge >= 0.3 is 0 Å². The molecule has 0 radical (unpaired) electrons. The van der Waals surface area contributed by atoms with Crippen LogP contribution < -0.4 is 14.4 Å². The molecule has 2 heterocycles. The highest BCUT2D eigenvalue weighted by molar-refractivity contribution is 14.1. The SMILES string of the molecule is COc1cc(Br)cc2c1O[C@@]1(C=C2)N(CCCI)c2ccccc2C1(C)C. The van der Waals surface area contributed by atoms with Crippen LogP contribution in [0.4, 0.5) is 5.69 Å². The molecular formula is C22H23BrINO2. The van der Waals surface area contributed by atoms with Crippen LogP contribution in [-0.4, -0.2) is 23.8 Å². The lowest BCUT2D eigenvalue weighted by Crippen LogP contribution is -2.59. The van der Waals surface area contributed by atoms with E-state index >= 15 is 0 Å². The van der Waals surface area contributed by atoms with Gasteiger partial charge in [-0.25, -0.2) is 0 Å². The minimum atomic E-state index is -0.573. The Balaban J connectivity index is 1.89. The van der Waals surface area contributed by atoms with E-state index in [1.54, 1.807) is 7.11 Å². The van der Waals surface area contributed by atoms with Gasteiger partial charge in [-0.2, -0.15) is 0 Å². The molecule has 2 aromatic rings. The molecule has 0 bridgehead atoms. The molecule has 0 N–H and O–H groups in total. The van der Waals surface area contributed by atoms with Gasteiger partial charge in [0, 0.05) is 26.7 Å². The van der Waals surface area contributed by atoms with Crippen molar-refractivity contribution in [2.24, 2.45) is 0 Å². The Hall–Kier alpha value is -1.21. The Morgan fingerprint density at radius 2 is 2.00 bits per heavy atom. The van der Waals surface area contributed by atoms with Crippen LogP contribution in [0.15, 0.2) is 46.9 Å². The molecule has 0 aromatic heterocycles. The summed E-state index contributed by atoms with van der Waals surface area (Å²) in [5.41, 5.74) is 2.84. The van der Waals surface area contributed by atoms with E-state index in [0.717, 1.165) is 38.9 Å². The summed E-state index contributed by atoms with van der Waals surface area (Å²) < 4.78 is 14.6. The second-order valence-electron chi connectivity index (χ2n) is 7.49. The lowest BCUT2D eigenvalue weighted by Gasteiger charge is -2.47. The van der Waals surface area contributed by atoms with Gasteiger partial charge in [-0.15, -0.1) is 0 Å². The number of methoxy groups -OCH3 is 1. The number of alkyl halides is 1. The van der Waals surface area contributed by atoms with E-state index in [9.17, 15) is 0 Å². The van der Waals surface area contributed by atoms with Gasteiger partial charge in [0.05, 0.1) is 12.5 Å². The summed E-state index contributed by atoms with van der Waals surface area (Å²) in [4.78, 5) is 2.43. The molecule has 0 aliphatic carbocycles. The lowest BCUT2D eigenvalue weighted by atomic mass is 9.76. The highest BCUT2D eigenvalue weighted by Crippen LogP contribution is 2.56. The van der Waals surface area contributed by atoms with Gasteiger partial charge in [0.15, 0.2) is 11.5 Å². The van der Waals surface area contributed by atoms with Gasteiger partial charge in [-0.3, -0.25) is 0 Å². The summed E-state index contributed by atoms with van der Waals surface area (Å²) >= 11 is 6.01. The third-order valence-corrected chi connectivity index (χ3v) is 6.92. The number of fused-ring (bicyclic) bond motifs is 2. The van der Waals surface area contributed by atoms with Crippen molar-refractivity contribution in [3.8, 4) is 11.5 Å². The third-order valence-electron chi connectivity index (χ3n) is 5.69. The Morgan fingerprint density at radius 3 is 2.74 bits per heavy atom. The summed E-state index contributed by atoms with van der Waals surface area (Å²) in [5.74, 6) is 1.56. The molecule has 3 nitrogen and oxygen atoms in total. The summed E-state index contributed by atoms with van der Waals surface area (Å²) in [5, 5.41) is 0. The number of nitrogens with zero attached hydrogens (tertiary/aromatic N) is 1. The molecule has 4 rings (SSSR count). The first-order valence-electron chi connectivity index (χ1n) is 9.13. The first-order chi connectivity index (χ1) is 12.9. The average molecular weight is 540 g/mol. The fourth-order valence-electron chi connectivity index (χ4n) is 4.30. The molecular weight excluding hydrogens is 517 g/mol. The van der Waals surface area contributed by atoms with E-state index in [-0.39, 0.29) is 5.41 Å². The van der Waals surface area contributed by atoms with Crippen molar-refractivity contribution in [2.45, 2.75) is 31.4 Å². The number of halogens is 2. The van der Waals surface area contributed by atoms with Crippen LogP contribution in [0.3, 0.4) is 0 Å². The van der Waals surface area contributed by atoms with Crippen molar-refractivity contribution >= 4 is 50.3 Å². The van der Waals surface area contributed by atoms with Crippen molar-refractivity contribution < 1.29 is 9.47 Å². The van der Waals surface area contributed by atoms with Gasteiger partial charge < -0.3 is 14.4 Å². The van der Waals surface area contributed by atoms with Crippen molar-refractivity contribution in [3.05, 3.63) is 58.1 Å². The fourth-order valence-corrected chi connectivity index (χ4v) is 5.09. The van der Waals surface area contributed by atoms with E-state index in [2.05, 4.69) is 99.8 Å². The van der Waals surface area contributed by atoms with Gasteiger partial charge in [-0.05, 0) is 56.2 Å². The predicted molar refractivity (Wildman–Crippen MR) is 123 cm³/mol. The highest BCUT2D eigenvalue weighted by Gasteiger charge is 2.58. The molecule has 2 aromatic carbocycles. The molecule has 5 heteroatoms. The molecule has 0 amide bonds. The maximum atomic E-state index is 6.86. The molecule has 1 spiro atoms. The Labute approximate surface area is 183 Å². The van der Waals surface area contributed by atoms with Crippen molar-refractivity contribution in [1.29, 1.82) is 0 Å². The zero-order valence-corrected chi connectivity index (χ0v) is 19.5. The number of rotatable bonds is 4. The normalized spacial score (nSPS) is 21.7. The van der Waals surface area contributed by atoms with E-state index in [0.29, 0.717) is 0 Å². The van der Waals surface area contributed by atoms with Crippen LogP contribution in [0, 0.1) is 0 Å². The number of anilines is 1. The zero-order chi connectivity index (χ0) is 19.2. The average Bonchev–Trinajstić information content (AvgIpc) is 2.84. The molecule has 142 valence electrons. The molecule has 0 unspecified atom stereocenters. The van der Waals surface area contributed by atoms with E-state index in [4.69, 9.17) is 9.47 Å². The molecule has 1 atom stereocenters. The molecule has 0 saturated carbocycles. The largest absolute Gasteiger partial charge is 0.493 e. The summed E-state index contributed by atoms with van der Waals surface area (Å²) in [6.07, 6.45) is 5.51. The van der Waals surface area contributed by atoms with E-state index in [1.807, 2.05) is 6.07 Å². The number of benzene rings is 2.